The molecule has 0 spiro atoms. The molecule has 1 aliphatic heterocycles. The van der Waals surface area contributed by atoms with Gasteiger partial charge in [-0.3, -0.25) is 4.79 Å². The number of nitrogens with zero attached hydrogens (tertiary/aromatic N) is 2. The molecular formula is C18H21ClN2O5S. The SMILES string of the molecule is COC(=O)CCCSc1nnc(-c2ccc(OCC3(C)COC3)cc2Cl)o1. The molecule has 1 fully saturated rings. The Balaban J connectivity index is 1.55. The average molecular weight is 413 g/mol. The third kappa shape index (κ3) is 5.37. The molecule has 0 radical (unpaired) electrons. The Bertz CT molecular complexity index is 794. The van der Waals surface area contributed by atoms with E-state index in [1.807, 2.05) is 6.07 Å². The Morgan fingerprint density at radius 2 is 2.19 bits per heavy atom. The van der Waals surface area contributed by atoms with Gasteiger partial charge in [-0.1, -0.05) is 30.3 Å². The summed E-state index contributed by atoms with van der Waals surface area (Å²) in [5.41, 5.74) is 0.716. The zero-order valence-corrected chi connectivity index (χ0v) is 16.8. The van der Waals surface area contributed by atoms with Crippen molar-refractivity contribution in [2.24, 2.45) is 5.41 Å². The molecule has 0 aliphatic carbocycles. The molecule has 27 heavy (non-hydrogen) atoms. The van der Waals surface area contributed by atoms with Gasteiger partial charge in [0.05, 0.1) is 37.5 Å². The van der Waals surface area contributed by atoms with Crippen LogP contribution in [0.3, 0.4) is 0 Å². The van der Waals surface area contributed by atoms with Crippen molar-refractivity contribution in [2.75, 3.05) is 32.7 Å². The van der Waals surface area contributed by atoms with E-state index in [-0.39, 0.29) is 11.4 Å². The van der Waals surface area contributed by atoms with Gasteiger partial charge in [0.15, 0.2) is 0 Å². The second kappa shape index (κ2) is 8.95. The fraction of sp³-hybridized carbons (Fsp3) is 0.500. The number of carbonyl (C=O) groups excluding carboxylic acids is 1. The third-order valence-corrected chi connectivity index (χ3v) is 5.26. The van der Waals surface area contributed by atoms with Gasteiger partial charge >= 0.3 is 5.97 Å². The van der Waals surface area contributed by atoms with E-state index >= 15 is 0 Å². The van der Waals surface area contributed by atoms with Gasteiger partial charge in [-0.2, -0.15) is 0 Å². The highest BCUT2D eigenvalue weighted by molar-refractivity contribution is 7.99. The highest BCUT2D eigenvalue weighted by atomic mass is 35.5. The van der Waals surface area contributed by atoms with Crippen LogP contribution in [0.15, 0.2) is 27.8 Å². The Morgan fingerprint density at radius 1 is 1.37 bits per heavy atom. The van der Waals surface area contributed by atoms with Crippen molar-refractivity contribution in [3.05, 3.63) is 23.2 Å². The van der Waals surface area contributed by atoms with Gasteiger partial charge in [-0.05, 0) is 24.6 Å². The Hall–Kier alpha value is -1.77. The lowest BCUT2D eigenvalue weighted by atomic mass is 9.90. The van der Waals surface area contributed by atoms with Crippen molar-refractivity contribution in [2.45, 2.75) is 25.0 Å². The molecule has 0 bridgehead atoms. The summed E-state index contributed by atoms with van der Waals surface area (Å²) in [6, 6.07) is 5.38. The monoisotopic (exact) mass is 412 g/mol. The number of halogens is 1. The number of esters is 1. The first-order chi connectivity index (χ1) is 13.0. The van der Waals surface area contributed by atoms with Crippen molar-refractivity contribution < 1.29 is 23.4 Å². The van der Waals surface area contributed by atoms with Crippen LogP contribution in [0.2, 0.25) is 5.02 Å². The molecule has 3 rings (SSSR count). The number of methoxy groups -OCH3 is 1. The smallest absolute Gasteiger partial charge is 0.305 e. The largest absolute Gasteiger partial charge is 0.493 e. The number of hydrogen-bond acceptors (Lipinski definition) is 8. The summed E-state index contributed by atoms with van der Waals surface area (Å²) in [6.45, 7) is 4.12. The Labute approximate surface area is 166 Å². The summed E-state index contributed by atoms with van der Waals surface area (Å²) in [5, 5.41) is 8.96. The van der Waals surface area contributed by atoms with Crippen molar-refractivity contribution in [1.29, 1.82) is 0 Å². The molecule has 9 heteroatoms. The van der Waals surface area contributed by atoms with Gasteiger partial charge in [0.25, 0.3) is 5.22 Å². The maximum Gasteiger partial charge on any atom is 0.305 e. The Morgan fingerprint density at radius 3 is 2.85 bits per heavy atom. The number of ether oxygens (including phenoxy) is 3. The van der Waals surface area contributed by atoms with E-state index in [2.05, 4.69) is 21.9 Å². The topological polar surface area (TPSA) is 83.7 Å². The van der Waals surface area contributed by atoms with E-state index in [1.54, 1.807) is 12.1 Å². The Kier molecular flexibility index (Phi) is 6.62. The minimum atomic E-state index is -0.227. The molecule has 0 amide bonds. The minimum absolute atomic E-state index is 0.0671. The van der Waals surface area contributed by atoms with Crippen LogP contribution in [-0.4, -0.2) is 48.8 Å². The number of benzene rings is 1. The summed E-state index contributed by atoms with van der Waals surface area (Å²) in [4.78, 5) is 11.1. The van der Waals surface area contributed by atoms with Crippen LogP contribution >= 0.6 is 23.4 Å². The van der Waals surface area contributed by atoms with E-state index in [1.165, 1.54) is 18.9 Å². The number of carbonyl (C=O) groups is 1. The third-order valence-electron chi connectivity index (χ3n) is 4.04. The fourth-order valence-electron chi connectivity index (χ4n) is 2.41. The second-order valence-electron chi connectivity index (χ2n) is 6.64. The van der Waals surface area contributed by atoms with Gasteiger partial charge in [0.2, 0.25) is 5.89 Å². The van der Waals surface area contributed by atoms with E-state index in [4.69, 9.17) is 25.5 Å². The standard InChI is InChI=1S/C18H21ClN2O5S/c1-18(9-24-10-18)11-25-12-5-6-13(14(19)8-12)16-20-21-17(26-16)27-7-3-4-15(22)23-2/h5-6,8H,3-4,7,9-11H2,1-2H3. The van der Waals surface area contributed by atoms with Gasteiger partial charge < -0.3 is 18.6 Å². The molecule has 0 N–H and O–H groups in total. The first kappa shape index (κ1) is 20.0. The lowest BCUT2D eigenvalue weighted by Crippen LogP contribution is -2.44. The normalized spacial score (nSPS) is 15.2. The van der Waals surface area contributed by atoms with Crippen molar-refractivity contribution in [1.82, 2.24) is 10.2 Å². The molecular weight excluding hydrogens is 392 g/mol. The van der Waals surface area contributed by atoms with E-state index in [0.29, 0.717) is 65.9 Å². The molecule has 7 nitrogen and oxygen atoms in total. The maximum absolute atomic E-state index is 11.1. The fourth-order valence-corrected chi connectivity index (χ4v) is 3.36. The lowest BCUT2D eigenvalue weighted by molar-refractivity contribution is -0.140. The van der Waals surface area contributed by atoms with E-state index in [0.717, 1.165) is 0 Å². The van der Waals surface area contributed by atoms with Gasteiger partial charge in [-0.15, -0.1) is 10.2 Å². The van der Waals surface area contributed by atoms with Crippen molar-refractivity contribution >= 4 is 29.3 Å². The van der Waals surface area contributed by atoms with E-state index in [9.17, 15) is 4.79 Å². The molecule has 1 aromatic heterocycles. The van der Waals surface area contributed by atoms with Crippen LogP contribution in [0, 0.1) is 5.41 Å². The quantitative estimate of drug-likeness (QED) is 0.349. The molecule has 1 saturated heterocycles. The molecule has 0 unspecified atom stereocenters. The molecule has 2 aromatic rings. The van der Waals surface area contributed by atoms with E-state index < -0.39 is 0 Å². The number of thioether (sulfide) groups is 1. The molecule has 146 valence electrons. The summed E-state index contributed by atoms with van der Waals surface area (Å²) < 4.78 is 21.3. The molecule has 2 heterocycles. The van der Waals surface area contributed by atoms with Gasteiger partial charge in [-0.25, -0.2) is 0 Å². The number of hydrogen-bond donors (Lipinski definition) is 0. The van der Waals surface area contributed by atoms with Crippen LogP contribution < -0.4 is 4.74 Å². The summed E-state index contributed by atoms with van der Waals surface area (Å²) >= 11 is 7.75. The maximum atomic E-state index is 11.1. The zero-order valence-electron chi connectivity index (χ0n) is 15.2. The van der Waals surface area contributed by atoms with Gasteiger partial charge in [0, 0.05) is 17.6 Å². The number of rotatable bonds is 9. The molecule has 0 saturated carbocycles. The first-order valence-electron chi connectivity index (χ1n) is 8.53. The van der Waals surface area contributed by atoms with Crippen LogP contribution in [0.5, 0.6) is 5.75 Å². The van der Waals surface area contributed by atoms with Crippen LogP contribution in [0.25, 0.3) is 11.5 Å². The predicted molar refractivity (Wildman–Crippen MR) is 101 cm³/mol. The zero-order chi connectivity index (χ0) is 19.3. The van der Waals surface area contributed by atoms with Gasteiger partial charge in [0.1, 0.15) is 5.75 Å². The summed E-state index contributed by atoms with van der Waals surface area (Å²) in [7, 11) is 1.38. The summed E-state index contributed by atoms with van der Waals surface area (Å²) in [5.74, 6) is 1.49. The first-order valence-corrected chi connectivity index (χ1v) is 9.89. The van der Waals surface area contributed by atoms with Crippen molar-refractivity contribution in [3.8, 4) is 17.2 Å². The average Bonchev–Trinajstić information content (AvgIpc) is 3.10. The minimum Gasteiger partial charge on any atom is -0.493 e. The second-order valence-corrected chi connectivity index (χ2v) is 8.09. The molecule has 0 atom stereocenters. The van der Waals surface area contributed by atoms with Crippen LogP contribution in [0.1, 0.15) is 19.8 Å². The van der Waals surface area contributed by atoms with Crippen LogP contribution in [0.4, 0.5) is 0 Å². The highest BCUT2D eigenvalue weighted by Crippen LogP contribution is 2.33. The predicted octanol–water partition coefficient (Wildman–Crippen LogP) is 3.85. The van der Waals surface area contributed by atoms with Crippen molar-refractivity contribution in [3.63, 3.8) is 0 Å². The molecule has 1 aliphatic rings. The van der Waals surface area contributed by atoms with Crippen LogP contribution in [-0.2, 0) is 14.3 Å². The number of aromatic nitrogens is 2. The lowest BCUT2D eigenvalue weighted by Gasteiger charge is -2.37. The molecule has 1 aromatic carbocycles. The summed E-state index contributed by atoms with van der Waals surface area (Å²) in [6.07, 6.45) is 1.04. The highest BCUT2D eigenvalue weighted by Gasteiger charge is 2.34.